The van der Waals surface area contributed by atoms with Crippen LogP contribution in [-0.4, -0.2) is 57.2 Å². The summed E-state index contributed by atoms with van der Waals surface area (Å²) < 4.78 is 0. The molecule has 2 fully saturated rings. The van der Waals surface area contributed by atoms with Crippen LogP contribution >= 0.6 is 0 Å². The number of carboxylic acids is 1. The maximum absolute atomic E-state index is 12.9. The zero-order valence-electron chi connectivity index (χ0n) is 12.8. The number of likely N-dealkylation sites (tertiary alicyclic amines) is 1. The molecular weight excluding hydrogens is 312 g/mol. The van der Waals surface area contributed by atoms with Crippen molar-refractivity contribution in [3.05, 3.63) is 35.4 Å². The van der Waals surface area contributed by atoms with Gasteiger partial charge in [0.2, 0.25) is 5.91 Å². The molecule has 7 nitrogen and oxygen atoms in total. The molecule has 1 aromatic carbocycles. The fraction of sp³-hybridized carbons (Fsp3) is 0.412. The Balaban J connectivity index is 1.66. The SMILES string of the molecule is O=C(O)CN1C(=O)[C@@H](N2C(=O)c3ccccc3C2=O)CC[C@H]2C[C@H]21. The Bertz CT molecular complexity index is 739. The van der Waals surface area contributed by atoms with Gasteiger partial charge in [-0.1, -0.05) is 12.1 Å². The number of hydrogen-bond donors (Lipinski definition) is 1. The van der Waals surface area contributed by atoms with Gasteiger partial charge < -0.3 is 10.0 Å². The summed E-state index contributed by atoms with van der Waals surface area (Å²) in [5, 5.41) is 9.07. The van der Waals surface area contributed by atoms with Crippen LogP contribution in [0, 0.1) is 5.92 Å². The lowest BCUT2D eigenvalue weighted by Gasteiger charge is -2.29. The molecule has 7 heteroatoms. The molecule has 3 aliphatic rings. The first-order valence-corrected chi connectivity index (χ1v) is 7.98. The molecule has 3 atom stereocenters. The summed E-state index contributed by atoms with van der Waals surface area (Å²) in [5.41, 5.74) is 0.601. The quantitative estimate of drug-likeness (QED) is 0.826. The van der Waals surface area contributed by atoms with Crippen molar-refractivity contribution in [1.82, 2.24) is 9.80 Å². The minimum Gasteiger partial charge on any atom is -0.480 e. The number of imide groups is 1. The van der Waals surface area contributed by atoms with Gasteiger partial charge in [-0.15, -0.1) is 0 Å². The molecule has 4 rings (SSSR count). The van der Waals surface area contributed by atoms with Gasteiger partial charge in [0.15, 0.2) is 0 Å². The fourth-order valence-electron chi connectivity index (χ4n) is 3.85. The van der Waals surface area contributed by atoms with Crippen LogP contribution in [0.25, 0.3) is 0 Å². The molecule has 1 saturated carbocycles. The van der Waals surface area contributed by atoms with Gasteiger partial charge in [0, 0.05) is 6.04 Å². The number of carbonyl (C=O) groups is 4. The molecule has 1 aliphatic carbocycles. The molecule has 1 saturated heterocycles. The highest BCUT2D eigenvalue weighted by molar-refractivity contribution is 6.22. The van der Waals surface area contributed by atoms with E-state index in [9.17, 15) is 19.2 Å². The predicted octanol–water partition coefficient (Wildman–Crippen LogP) is 0.747. The number of fused-ring (bicyclic) bond motifs is 2. The van der Waals surface area contributed by atoms with E-state index in [0.29, 0.717) is 24.0 Å². The molecule has 0 bridgehead atoms. The number of carboxylic acid groups (broad SMARTS) is 1. The molecule has 0 aromatic heterocycles. The number of rotatable bonds is 3. The van der Waals surface area contributed by atoms with Crippen LogP contribution in [0.1, 0.15) is 40.0 Å². The van der Waals surface area contributed by atoms with Gasteiger partial charge in [0.05, 0.1) is 11.1 Å². The second kappa shape index (κ2) is 5.15. The normalized spacial score (nSPS) is 28.5. The van der Waals surface area contributed by atoms with Crippen LogP contribution in [0.15, 0.2) is 24.3 Å². The third-order valence-corrected chi connectivity index (χ3v) is 5.11. The highest BCUT2D eigenvalue weighted by atomic mass is 16.4. The first-order chi connectivity index (χ1) is 11.5. The molecular formula is C17H16N2O5. The van der Waals surface area contributed by atoms with E-state index >= 15 is 0 Å². The smallest absolute Gasteiger partial charge is 0.323 e. The van der Waals surface area contributed by atoms with Crippen molar-refractivity contribution in [2.24, 2.45) is 5.92 Å². The lowest BCUT2D eigenvalue weighted by molar-refractivity contribution is -0.146. The summed E-state index contributed by atoms with van der Waals surface area (Å²) in [7, 11) is 0. The Morgan fingerprint density at radius 1 is 1.08 bits per heavy atom. The molecule has 1 N–H and O–H groups in total. The van der Waals surface area contributed by atoms with E-state index in [4.69, 9.17) is 5.11 Å². The molecule has 1 aromatic rings. The Kier molecular flexibility index (Phi) is 3.19. The third kappa shape index (κ3) is 2.11. The van der Waals surface area contributed by atoms with E-state index in [1.807, 2.05) is 0 Å². The van der Waals surface area contributed by atoms with E-state index in [2.05, 4.69) is 0 Å². The van der Waals surface area contributed by atoms with Crippen molar-refractivity contribution in [3.8, 4) is 0 Å². The lowest BCUT2D eigenvalue weighted by atomic mass is 10.1. The van der Waals surface area contributed by atoms with Gasteiger partial charge in [0.25, 0.3) is 11.8 Å². The zero-order valence-corrected chi connectivity index (χ0v) is 12.8. The number of nitrogens with zero attached hydrogens (tertiary/aromatic N) is 2. The van der Waals surface area contributed by atoms with Crippen molar-refractivity contribution in [2.45, 2.75) is 31.3 Å². The molecule has 2 aliphatic heterocycles. The Hall–Kier alpha value is -2.70. The summed E-state index contributed by atoms with van der Waals surface area (Å²) in [4.78, 5) is 51.5. The second-order valence-electron chi connectivity index (χ2n) is 6.54. The maximum atomic E-state index is 12.9. The molecule has 3 amide bonds. The average Bonchev–Trinajstić information content (AvgIpc) is 3.29. The summed E-state index contributed by atoms with van der Waals surface area (Å²) in [6, 6.07) is 5.51. The van der Waals surface area contributed by atoms with E-state index in [1.165, 1.54) is 4.90 Å². The largest absolute Gasteiger partial charge is 0.480 e. The van der Waals surface area contributed by atoms with Crippen LogP contribution < -0.4 is 0 Å². The number of carbonyl (C=O) groups excluding carboxylic acids is 3. The number of amides is 3. The predicted molar refractivity (Wildman–Crippen MR) is 81.2 cm³/mol. The van der Waals surface area contributed by atoms with Crippen molar-refractivity contribution in [1.29, 1.82) is 0 Å². The Morgan fingerprint density at radius 3 is 2.29 bits per heavy atom. The van der Waals surface area contributed by atoms with Crippen molar-refractivity contribution >= 4 is 23.7 Å². The third-order valence-electron chi connectivity index (χ3n) is 5.11. The molecule has 0 unspecified atom stereocenters. The standard InChI is InChI=1S/C17H16N2O5/c20-14(21)8-18-13-7-9(13)5-6-12(17(18)24)19-15(22)10-3-1-2-4-11(10)16(19)23/h1-4,9,12-13H,5-8H2,(H,20,21)/t9-,12-,13+/m0/s1. The fourth-order valence-corrected chi connectivity index (χ4v) is 3.85. The highest BCUT2D eigenvalue weighted by Crippen LogP contribution is 2.43. The topological polar surface area (TPSA) is 95.0 Å². The average molecular weight is 328 g/mol. The van der Waals surface area contributed by atoms with E-state index in [-0.39, 0.29) is 18.5 Å². The minimum atomic E-state index is -1.09. The van der Waals surface area contributed by atoms with Gasteiger partial charge >= 0.3 is 5.97 Å². The van der Waals surface area contributed by atoms with Crippen molar-refractivity contribution in [3.63, 3.8) is 0 Å². The molecule has 2 heterocycles. The first kappa shape index (κ1) is 14.9. The Labute approximate surface area is 137 Å². The van der Waals surface area contributed by atoms with E-state index in [0.717, 1.165) is 11.3 Å². The molecule has 124 valence electrons. The van der Waals surface area contributed by atoms with Crippen molar-refractivity contribution < 1.29 is 24.3 Å². The summed E-state index contributed by atoms with van der Waals surface area (Å²) in [5.74, 6) is -2.19. The van der Waals surface area contributed by atoms with Crippen LogP contribution in [0.2, 0.25) is 0 Å². The van der Waals surface area contributed by atoms with Gasteiger partial charge in [-0.05, 0) is 37.3 Å². The van der Waals surface area contributed by atoms with Crippen LogP contribution in [0.3, 0.4) is 0 Å². The minimum absolute atomic E-state index is 0.0752. The van der Waals surface area contributed by atoms with E-state index < -0.39 is 29.7 Å². The monoisotopic (exact) mass is 328 g/mol. The number of aliphatic carboxylic acids is 1. The molecule has 24 heavy (non-hydrogen) atoms. The summed E-state index contributed by atoms with van der Waals surface area (Å²) in [6.45, 7) is -0.389. The van der Waals surface area contributed by atoms with E-state index in [1.54, 1.807) is 24.3 Å². The van der Waals surface area contributed by atoms with Crippen LogP contribution in [0.4, 0.5) is 0 Å². The Morgan fingerprint density at radius 2 is 1.71 bits per heavy atom. The lowest BCUT2D eigenvalue weighted by Crippen LogP contribution is -2.51. The number of benzene rings is 1. The van der Waals surface area contributed by atoms with Crippen molar-refractivity contribution in [2.75, 3.05) is 6.54 Å². The highest BCUT2D eigenvalue weighted by Gasteiger charge is 2.52. The van der Waals surface area contributed by atoms with Gasteiger partial charge in [-0.2, -0.15) is 0 Å². The van der Waals surface area contributed by atoms with Gasteiger partial charge in [-0.3, -0.25) is 24.1 Å². The molecule has 0 spiro atoms. The van der Waals surface area contributed by atoms with Gasteiger partial charge in [-0.25, -0.2) is 0 Å². The van der Waals surface area contributed by atoms with Gasteiger partial charge in [0.1, 0.15) is 12.6 Å². The zero-order chi connectivity index (χ0) is 17.0. The maximum Gasteiger partial charge on any atom is 0.323 e. The first-order valence-electron chi connectivity index (χ1n) is 7.98. The van der Waals surface area contributed by atoms with Crippen LogP contribution in [-0.2, 0) is 9.59 Å². The second-order valence-corrected chi connectivity index (χ2v) is 6.54. The molecule has 0 radical (unpaired) electrons. The van der Waals surface area contributed by atoms with Crippen LogP contribution in [0.5, 0.6) is 0 Å². The summed E-state index contributed by atoms with van der Waals surface area (Å²) in [6.07, 6.45) is 1.90. The number of hydrogen-bond acceptors (Lipinski definition) is 4. The summed E-state index contributed by atoms with van der Waals surface area (Å²) >= 11 is 0.